The lowest BCUT2D eigenvalue weighted by Gasteiger charge is -2.23. The van der Waals surface area contributed by atoms with Gasteiger partial charge >= 0.3 is 0 Å². The zero-order valence-electron chi connectivity index (χ0n) is 10.9. The maximum Gasteiger partial charge on any atom is 0.175 e. The minimum atomic E-state index is -0.369. The molecule has 1 aromatic rings. The summed E-state index contributed by atoms with van der Waals surface area (Å²) in [5.41, 5.74) is -0.369. The Hall–Kier alpha value is -0.290. The van der Waals surface area contributed by atoms with Gasteiger partial charge in [0.05, 0.1) is 6.07 Å². The molecule has 0 radical (unpaired) electrons. The third-order valence-corrected chi connectivity index (χ3v) is 5.95. The molecule has 0 aromatic carbocycles. The van der Waals surface area contributed by atoms with Crippen molar-refractivity contribution < 1.29 is 0 Å². The highest BCUT2D eigenvalue weighted by Gasteiger charge is 2.24. The van der Waals surface area contributed by atoms with Gasteiger partial charge in [-0.1, -0.05) is 41.8 Å². The van der Waals surface area contributed by atoms with Crippen LogP contribution in [0.1, 0.15) is 26.2 Å². The Kier molecular flexibility index (Phi) is 7.00. The van der Waals surface area contributed by atoms with Crippen LogP contribution in [0.15, 0.2) is 8.68 Å². The van der Waals surface area contributed by atoms with E-state index in [1.807, 2.05) is 20.2 Å². The highest BCUT2D eigenvalue weighted by molar-refractivity contribution is 8.02. The molecule has 18 heavy (non-hydrogen) atoms. The Balaban J connectivity index is 2.32. The third-order valence-electron chi connectivity index (χ3n) is 2.83. The summed E-state index contributed by atoms with van der Waals surface area (Å²) in [6.07, 6.45) is 4.71. The average Bonchev–Trinajstić information content (AvgIpc) is 2.88. The quantitative estimate of drug-likeness (QED) is 0.588. The van der Waals surface area contributed by atoms with Crippen LogP contribution < -0.4 is 5.32 Å². The zero-order chi connectivity index (χ0) is 13.4. The van der Waals surface area contributed by atoms with Crippen molar-refractivity contribution in [1.29, 1.82) is 5.26 Å². The lowest BCUT2D eigenvalue weighted by molar-refractivity contribution is 0.400. The van der Waals surface area contributed by atoms with Gasteiger partial charge < -0.3 is 5.32 Å². The van der Waals surface area contributed by atoms with E-state index in [2.05, 4.69) is 21.6 Å². The van der Waals surface area contributed by atoms with Gasteiger partial charge in [0.15, 0.2) is 8.68 Å². The lowest BCUT2D eigenvalue weighted by Crippen LogP contribution is -2.40. The van der Waals surface area contributed by atoms with Crippen molar-refractivity contribution in [3.05, 3.63) is 0 Å². The van der Waals surface area contributed by atoms with Gasteiger partial charge in [0.2, 0.25) is 0 Å². The van der Waals surface area contributed by atoms with E-state index in [9.17, 15) is 5.26 Å². The van der Waals surface area contributed by atoms with Gasteiger partial charge in [-0.25, -0.2) is 0 Å². The number of nitrogens with one attached hydrogen (secondary N) is 1. The average molecular weight is 302 g/mol. The Bertz CT molecular complexity index is 395. The summed E-state index contributed by atoms with van der Waals surface area (Å²) >= 11 is 4.98. The molecule has 7 heteroatoms. The van der Waals surface area contributed by atoms with Gasteiger partial charge in [-0.05, 0) is 32.6 Å². The molecule has 1 rings (SSSR count). The molecular weight excluding hydrogens is 284 g/mol. The van der Waals surface area contributed by atoms with E-state index in [1.54, 1.807) is 34.9 Å². The smallest absolute Gasteiger partial charge is 0.175 e. The first kappa shape index (κ1) is 15.8. The fourth-order valence-electron chi connectivity index (χ4n) is 1.54. The van der Waals surface area contributed by atoms with Crippen LogP contribution in [0.25, 0.3) is 0 Å². The van der Waals surface area contributed by atoms with Crippen LogP contribution in [0.4, 0.5) is 0 Å². The number of rotatable bonds is 8. The Morgan fingerprint density at radius 3 is 2.67 bits per heavy atom. The molecule has 100 valence electrons. The molecule has 0 amide bonds. The number of hydrogen-bond donors (Lipinski definition) is 1. The van der Waals surface area contributed by atoms with Gasteiger partial charge in [0.25, 0.3) is 0 Å². The summed E-state index contributed by atoms with van der Waals surface area (Å²) in [6.45, 7) is 2.04. The predicted molar refractivity (Wildman–Crippen MR) is 79.3 cm³/mol. The Morgan fingerprint density at radius 2 is 2.17 bits per heavy atom. The normalized spacial score (nSPS) is 14.1. The van der Waals surface area contributed by atoms with Gasteiger partial charge in [0, 0.05) is 5.75 Å². The number of hydrogen-bond acceptors (Lipinski definition) is 7. The fourth-order valence-corrected chi connectivity index (χ4v) is 3.99. The van der Waals surface area contributed by atoms with E-state index in [4.69, 9.17) is 0 Å². The van der Waals surface area contributed by atoms with Gasteiger partial charge in [-0.2, -0.15) is 5.26 Å². The molecular formula is C11H18N4S3. The van der Waals surface area contributed by atoms with Gasteiger partial charge in [-0.3, -0.25) is 0 Å². The molecule has 0 aliphatic carbocycles. The first-order valence-corrected chi connectivity index (χ1v) is 8.83. The topological polar surface area (TPSA) is 61.6 Å². The van der Waals surface area contributed by atoms with Crippen LogP contribution in [0.3, 0.4) is 0 Å². The highest BCUT2D eigenvalue weighted by atomic mass is 32.2. The van der Waals surface area contributed by atoms with Crippen LogP contribution in [0.5, 0.6) is 0 Å². The molecule has 1 atom stereocenters. The highest BCUT2D eigenvalue weighted by Crippen LogP contribution is 2.28. The second-order valence-corrected chi connectivity index (χ2v) is 7.16. The number of nitriles is 1. The lowest BCUT2D eigenvalue weighted by atomic mass is 9.93. The first-order chi connectivity index (χ1) is 8.69. The van der Waals surface area contributed by atoms with Crippen molar-refractivity contribution in [2.24, 2.45) is 0 Å². The monoisotopic (exact) mass is 302 g/mol. The molecule has 0 spiro atoms. The Morgan fingerprint density at radius 1 is 1.44 bits per heavy atom. The second kappa shape index (κ2) is 8.00. The van der Waals surface area contributed by atoms with Crippen LogP contribution in [0.2, 0.25) is 0 Å². The van der Waals surface area contributed by atoms with E-state index >= 15 is 0 Å². The summed E-state index contributed by atoms with van der Waals surface area (Å²) in [6, 6.07) is 2.38. The molecule has 1 unspecified atom stereocenters. The van der Waals surface area contributed by atoms with E-state index < -0.39 is 0 Å². The SMILES string of the molecule is CCC(C#N)(CCCSc1nnc(SC)s1)NC. The van der Waals surface area contributed by atoms with Crippen LogP contribution in [-0.4, -0.2) is 34.8 Å². The summed E-state index contributed by atoms with van der Waals surface area (Å²) in [7, 11) is 1.86. The molecule has 1 N–H and O–H groups in total. The fraction of sp³-hybridized carbons (Fsp3) is 0.727. The van der Waals surface area contributed by atoms with Gasteiger partial charge in [-0.15, -0.1) is 10.2 Å². The van der Waals surface area contributed by atoms with Crippen molar-refractivity contribution in [3.63, 3.8) is 0 Å². The third kappa shape index (κ3) is 4.43. The largest absolute Gasteiger partial charge is 0.302 e. The molecule has 0 saturated carbocycles. The van der Waals surface area contributed by atoms with Crippen molar-refractivity contribution >= 4 is 34.9 Å². The molecule has 0 saturated heterocycles. The van der Waals surface area contributed by atoms with Crippen LogP contribution >= 0.6 is 34.9 Å². The van der Waals surface area contributed by atoms with E-state index in [0.717, 1.165) is 33.7 Å². The van der Waals surface area contributed by atoms with E-state index in [1.165, 1.54) is 0 Å². The summed E-state index contributed by atoms with van der Waals surface area (Å²) in [5.74, 6) is 0.980. The van der Waals surface area contributed by atoms with E-state index in [-0.39, 0.29) is 5.54 Å². The minimum Gasteiger partial charge on any atom is -0.302 e. The molecule has 4 nitrogen and oxygen atoms in total. The maximum absolute atomic E-state index is 9.19. The predicted octanol–water partition coefficient (Wildman–Crippen LogP) is 3.02. The number of thioether (sulfide) groups is 2. The second-order valence-electron chi connectivity index (χ2n) is 3.79. The van der Waals surface area contributed by atoms with Crippen LogP contribution in [-0.2, 0) is 0 Å². The van der Waals surface area contributed by atoms with Crippen molar-refractivity contribution in [1.82, 2.24) is 15.5 Å². The summed E-state index contributed by atoms with van der Waals surface area (Å²) in [4.78, 5) is 0. The van der Waals surface area contributed by atoms with Crippen LogP contribution in [0, 0.1) is 11.3 Å². The molecule has 0 aliphatic rings. The minimum absolute atomic E-state index is 0.369. The Labute approximate surface area is 121 Å². The molecule has 0 bridgehead atoms. The molecule has 1 aromatic heterocycles. The summed E-state index contributed by atoms with van der Waals surface area (Å²) < 4.78 is 2.02. The number of nitrogens with zero attached hydrogens (tertiary/aromatic N) is 3. The molecule has 0 aliphatic heterocycles. The van der Waals surface area contributed by atoms with E-state index in [0.29, 0.717) is 0 Å². The molecule has 1 heterocycles. The van der Waals surface area contributed by atoms with Gasteiger partial charge in [0.1, 0.15) is 5.54 Å². The number of aromatic nitrogens is 2. The standard InChI is InChI=1S/C11H18N4S3/c1-4-11(8-12,13-2)6-5-7-17-10-15-14-9(16-3)18-10/h13H,4-7H2,1-3H3. The molecule has 0 fully saturated rings. The van der Waals surface area contributed by atoms with Crippen molar-refractivity contribution in [2.75, 3.05) is 19.1 Å². The van der Waals surface area contributed by atoms with Crippen molar-refractivity contribution in [3.8, 4) is 6.07 Å². The first-order valence-electron chi connectivity index (χ1n) is 5.80. The zero-order valence-corrected chi connectivity index (χ0v) is 13.3. The maximum atomic E-state index is 9.19. The summed E-state index contributed by atoms with van der Waals surface area (Å²) in [5, 5.41) is 20.5. The van der Waals surface area contributed by atoms with Crippen molar-refractivity contribution in [2.45, 2.75) is 40.4 Å².